The van der Waals surface area contributed by atoms with E-state index in [1.807, 2.05) is 19.9 Å². The highest BCUT2D eigenvalue weighted by molar-refractivity contribution is 5.89. The molecule has 7 heteroatoms. The molecule has 112 valence electrons. The summed E-state index contributed by atoms with van der Waals surface area (Å²) in [6.45, 7) is 4.98. The zero-order valence-corrected chi connectivity index (χ0v) is 12.2. The number of nitrogen functional groups attached to an aromatic ring is 1. The quantitative estimate of drug-likeness (QED) is 0.773. The Balaban J connectivity index is 1.96. The molecule has 6 nitrogen and oxygen atoms in total. The van der Waals surface area contributed by atoms with Crippen LogP contribution in [0.3, 0.4) is 0 Å². The fraction of sp³-hybridized carbons (Fsp3) is 0.500. The molecule has 0 amide bonds. The molecule has 3 heterocycles. The lowest BCUT2D eigenvalue weighted by Crippen LogP contribution is -2.45. The van der Waals surface area contributed by atoms with Gasteiger partial charge < -0.3 is 16.4 Å². The zero-order valence-electron chi connectivity index (χ0n) is 12.2. The van der Waals surface area contributed by atoms with Crippen molar-refractivity contribution in [1.82, 2.24) is 20.3 Å². The summed E-state index contributed by atoms with van der Waals surface area (Å²) in [5.74, 6) is 0.712. The first-order chi connectivity index (χ1) is 10.0. The molecular formula is C14H19FN6. The van der Waals surface area contributed by atoms with Crippen LogP contribution in [-0.2, 0) is 0 Å². The number of nitrogens with zero attached hydrogens (tertiary/aromatic N) is 3. The summed E-state index contributed by atoms with van der Waals surface area (Å²) < 4.78 is 13.8. The first kappa shape index (κ1) is 13.9. The maximum absolute atomic E-state index is 13.8. The molecule has 0 aliphatic carbocycles. The van der Waals surface area contributed by atoms with E-state index < -0.39 is 6.17 Å². The Bertz CT molecular complexity index is 674. The van der Waals surface area contributed by atoms with Crippen molar-refractivity contribution in [2.24, 2.45) is 0 Å². The third kappa shape index (κ3) is 2.73. The number of hydrogen-bond acceptors (Lipinski definition) is 6. The van der Waals surface area contributed by atoms with Crippen LogP contribution in [0.2, 0.25) is 0 Å². The predicted octanol–water partition coefficient (Wildman–Crippen LogP) is 1.34. The standard InChI is InChI=1S/C14H19FN6/c1-7-5-8(2)18-13-11(7)12(16)20-14(21-13)19-10-3-4-17-6-9(10)15/h5,9-10,17H,3-4,6H2,1-2H3,(H3,16,18,19,20,21)/t9-,10+/m0/s1. The summed E-state index contributed by atoms with van der Waals surface area (Å²) in [7, 11) is 0. The number of nitrogens with two attached hydrogens (primary N) is 1. The predicted molar refractivity (Wildman–Crippen MR) is 81.0 cm³/mol. The van der Waals surface area contributed by atoms with E-state index in [4.69, 9.17) is 5.73 Å². The van der Waals surface area contributed by atoms with Crippen molar-refractivity contribution in [2.45, 2.75) is 32.5 Å². The largest absolute Gasteiger partial charge is 0.383 e. The zero-order chi connectivity index (χ0) is 15.0. The number of aryl methyl sites for hydroxylation is 2. The number of pyridine rings is 1. The van der Waals surface area contributed by atoms with Crippen LogP contribution in [0.1, 0.15) is 17.7 Å². The average molecular weight is 290 g/mol. The molecule has 0 spiro atoms. The maximum Gasteiger partial charge on any atom is 0.227 e. The van der Waals surface area contributed by atoms with Gasteiger partial charge in [0.1, 0.15) is 12.0 Å². The second-order valence-corrected chi connectivity index (χ2v) is 5.47. The van der Waals surface area contributed by atoms with Gasteiger partial charge in [0.25, 0.3) is 0 Å². The average Bonchev–Trinajstić information content (AvgIpc) is 2.40. The van der Waals surface area contributed by atoms with Crippen LogP contribution in [0, 0.1) is 13.8 Å². The number of halogens is 1. The Morgan fingerprint density at radius 2 is 2.14 bits per heavy atom. The van der Waals surface area contributed by atoms with Gasteiger partial charge in [-0.3, -0.25) is 0 Å². The van der Waals surface area contributed by atoms with E-state index in [1.54, 1.807) is 0 Å². The van der Waals surface area contributed by atoms with Gasteiger partial charge >= 0.3 is 0 Å². The Morgan fingerprint density at radius 1 is 1.33 bits per heavy atom. The van der Waals surface area contributed by atoms with E-state index in [1.165, 1.54) is 0 Å². The van der Waals surface area contributed by atoms with Gasteiger partial charge in [-0.05, 0) is 38.4 Å². The normalized spacial score (nSPS) is 22.4. The number of alkyl halides is 1. The number of piperidine rings is 1. The fourth-order valence-electron chi connectivity index (χ4n) is 2.72. The Hall–Kier alpha value is -2.02. The summed E-state index contributed by atoms with van der Waals surface area (Å²) >= 11 is 0. The van der Waals surface area contributed by atoms with E-state index in [2.05, 4.69) is 25.6 Å². The van der Waals surface area contributed by atoms with E-state index in [9.17, 15) is 4.39 Å². The van der Waals surface area contributed by atoms with Crippen molar-refractivity contribution in [3.63, 3.8) is 0 Å². The Labute approximate surface area is 122 Å². The minimum absolute atomic E-state index is 0.297. The summed E-state index contributed by atoms with van der Waals surface area (Å²) in [5, 5.41) is 6.82. The van der Waals surface area contributed by atoms with Crippen LogP contribution in [0.4, 0.5) is 16.2 Å². The maximum atomic E-state index is 13.8. The van der Waals surface area contributed by atoms with Crippen LogP contribution in [0.5, 0.6) is 0 Å². The Morgan fingerprint density at radius 3 is 2.90 bits per heavy atom. The second-order valence-electron chi connectivity index (χ2n) is 5.47. The number of nitrogens with one attached hydrogen (secondary N) is 2. The number of rotatable bonds is 2. The topological polar surface area (TPSA) is 88.8 Å². The minimum atomic E-state index is -0.966. The smallest absolute Gasteiger partial charge is 0.227 e. The molecule has 0 bridgehead atoms. The number of aromatic nitrogens is 3. The highest BCUT2D eigenvalue weighted by atomic mass is 19.1. The van der Waals surface area contributed by atoms with Crippen LogP contribution in [0.15, 0.2) is 6.07 Å². The van der Waals surface area contributed by atoms with Crippen LogP contribution < -0.4 is 16.4 Å². The van der Waals surface area contributed by atoms with Crippen LogP contribution >= 0.6 is 0 Å². The summed E-state index contributed by atoms with van der Waals surface area (Å²) in [6.07, 6.45) is -0.283. The molecule has 21 heavy (non-hydrogen) atoms. The van der Waals surface area contributed by atoms with Crippen molar-refractivity contribution in [3.8, 4) is 0 Å². The van der Waals surface area contributed by atoms with Gasteiger partial charge in [-0.15, -0.1) is 0 Å². The molecular weight excluding hydrogens is 271 g/mol. The van der Waals surface area contributed by atoms with E-state index in [-0.39, 0.29) is 6.04 Å². The molecule has 1 fully saturated rings. The van der Waals surface area contributed by atoms with Crippen LogP contribution in [0.25, 0.3) is 11.0 Å². The monoisotopic (exact) mass is 290 g/mol. The van der Waals surface area contributed by atoms with Gasteiger partial charge in [0.05, 0.1) is 11.4 Å². The third-order valence-corrected chi connectivity index (χ3v) is 3.74. The highest BCUT2D eigenvalue weighted by Gasteiger charge is 2.25. The number of fused-ring (bicyclic) bond motifs is 1. The SMILES string of the molecule is Cc1cc(C)c2c(N)nc(N[C@@H]3CCNC[C@@H]3F)nc2n1. The second kappa shape index (κ2) is 5.40. The molecule has 0 radical (unpaired) electrons. The van der Waals surface area contributed by atoms with Gasteiger partial charge in [0.2, 0.25) is 5.95 Å². The van der Waals surface area contributed by atoms with E-state index in [0.717, 1.165) is 23.2 Å². The minimum Gasteiger partial charge on any atom is -0.383 e. The fourth-order valence-corrected chi connectivity index (χ4v) is 2.72. The van der Waals surface area contributed by atoms with E-state index in [0.29, 0.717) is 30.4 Å². The highest BCUT2D eigenvalue weighted by Crippen LogP contribution is 2.23. The molecule has 4 N–H and O–H groups in total. The summed E-state index contributed by atoms with van der Waals surface area (Å²) in [4.78, 5) is 13.0. The lowest BCUT2D eigenvalue weighted by Gasteiger charge is -2.27. The number of hydrogen-bond donors (Lipinski definition) is 3. The molecule has 0 saturated carbocycles. The Kier molecular flexibility index (Phi) is 3.59. The van der Waals surface area contributed by atoms with Gasteiger partial charge in [-0.2, -0.15) is 9.97 Å². The van der Waals surface area contributed by atoms with Crippen molar-refractivity contribution in [1.29, 1.82) is 0 Å². The van der Waals surface area contributed by atoms with Gasteiger partial charge in [0.15, 0.2) is 5.65 Å². The summed E-state index contributed by atoms with van der Waals surface area (Å²) in [6, 6.07) is 1.65. The van der Waals surface area contributed by atoms with Crippen molar-refractivity contribution >= 4 is 22.8 Å². The van der Waals surface area contributed by atoms with Crippen LogP contribution in [-0.4, -0.2) is 40.3 Å². The van der Waals surface area contributed by atoms with Gasteiger partial charge in [-0.25, -0.2) is 9.37 Å². The molecule has 2 aromatic rings. The molecule has 3 rings (SSSR count). The lowest BCUT2D eigenvalue weighted by atomic mass is 10.1. The molecule has 0 unspecified atom stereocenters. The van der Waals surface area contributed by atoms with Gasteiger partial charge in [-0.1, -0.05) is 0 Å². The van der Waals surface area contributed by atoms with Gasteiger partial charge in [0, 0.05) is 12.2 Å². The first-order valence-corrected chi connectivity index (χ1v) is 7.07. The third-order valence-electron chi connectivity index (χ3n) is 3.74. The van der Waals surface area contributed by atoms with Crippen molar-refractivity contribution in [3.05, 3.63) is 17.3 Å². The summed E-state index contributed by atoms with van der Waals surface area (Å²) in [5.41, 5.74) is 8.42. The number of anilines is 2. The molecule has 2 atom stereocenters. The molecule has 1 aliphatic rings. The molecule has 2 aromatic heterocycles. The first-order valence-electron chi connectivity index (χ1n) is 7.07. The molecule has 1 aliphatic heterocycles. The molecule has 0 aromatic carbocycles. The van der Waals surface area contributed by atoms with E-state index >= 15 is 0 Å². The lowest BCUT2D eigenvalue weighted by molar-refractivity contribution is 0.244. The van der Waals surface area contributed by atoms with Crippen molar-refractivity contribution in [2.75, 3.05) is 24.1 Å². The van der Waals surface area contributed by atoms with Crippen molar-refractivity contribution < 1.29 is 4.39 Å². The molecule has 1 saturated heterocycles.